The molecule has 4 nitrogen and oxygen atoms in total. The standard InChI is InChI=1S/C22H28O4/c1-13-14-4-7-22(18(13)24)16(10-14)21-6-3-5-20(2,8-9-26-12-21)17(21)15(11-23)19(22)25/h8-9,14-17,23H,1,3-7,10-12H2,2H3. The average molecular weight is 356 g/mol. The highest BCUT2D eigenvalue weighted by Crippen LogP contribution is 2.72. The van der Waals surface area contributed by atoms with Crippen LogP contribution in [0.2, 0.25) is 0 Å². The molecule has 26 heavy (non-hydrogen) atoms. The largest absolute Gasteiger partial charge is 0.501 e. The van der Waals surface area contributed by atoms with Gasteiger partial charge in [0.15, 0.2) is 11.6 Å². The van der Waals surface area contributed by atoms with E-state index in [1.54, 1.807) is 6.26 Å². The van der Waals surface area contributed by atoms with Gasteiger partial charge in [-0.25, -0.2) is 0 Å². The number of hydrogen-bond acceptors (Lipinski definition) is 4. The normalized spacial score (nSPS) is 52.2. The summed E-state index contributed by atoms with van der Waals surface area (Å²) in [4.78, 5) is 27.1. The zero-order chi connectivity index (χ0) is 18.3. The van der Waals surface area contributed by atoms with Crippen molar-refractivity contribution in [2.75, 3.05) is 13.2 Å². The van der Waals surface area contributed by atoms with Crippen LogP contribution in [0.4, 0.5) is 0 Å². The Balaban J connectivity index is 1.76. The summed E-state index contributed by atoms with van der Waals surface area (Å²) in [5.74, 6) is -0.201. The molecule has 0 amide bonds. The monoisotopic (exact) mass is 356 g/mol. The average Bonchev–Trinajstić information content (AvgIpc) is 2.72. The van der Waals surface area contributed by atoms with Gasteiger partial charge in [-0.05, 0) is 66.9 Å². The molecule has 140 valence electrons. The van der Waals surface area contributed by atoms with E-state index in [4.69, 9.17) is 4.74 Å². The van der Waals surface area contributed by atoms with Crippen molar-refractivity contribution >= 4 is 11.6 Å². The third-order valence-corrected chi connectivity index (χ3v) is 8.85. The number of ketones is 2. The van der Waals surface area contributed by atoms with Crippen molar-refractivity contribution in [3.05, 3.63) is 24.5 Å². The van der Waals surface area contributed by atoms with E-state index in [1.807, 2.05) is 0 Å². The molecule has 0 radical (unpaired) electrons. The molecule has 4 heteroatoms. The summed E-state index contributed by atoms with van der Waals surface area (Å²) in [6, 6.07) is 0. The topological polar surface area (TPSA) is 63.6 Å². The van der Waals surface area contributed by atoms with Crippen LogP contribution in [-0.4, -0.2) is 29.9 Å². The van der Waals surface area contributed by atoms with Crippen molar-refractivity contribution < 1.29 is 19.4 Å². The summed E-state index contributed by atoms with van der Waals surface area (Å²) in [5.41, 5.74) is -0.663. The quantitative estimate of drug-likeness (QED) is 0.579. The molecular formula is C22H28O4. The van der Waals surface area contributed by atoms with Crippen molar-refractivity contribution in [3.63, 3.8) is 0 Å². The highest BCUT2D eigenvalue weighted by molar-refractivity contribution is 6.17. The lowest BCUT2D eigenvalue weighted by molar-refractivity contribution is -0.206. The van der Waals surface area contributed by atoms with E-state index in [0.717, 1.165) is 32.1 Å². The maximum Gasteiger partial charge on any atom is 0.172 e. The minimum absolute atomic E-state index is 0.00153. The summed E-state index contributed by atoms with van der Waals surface area (Å²) < 4.78 is 5.97. The van der Waals surface area contributed by atoms with Crippen molar-refractivity contribution in [1.82, 2.24) is 0 Å². The number of carbonyl (C=O) groups is 2. The summed E-state index contributed by atoms with van der Waals surface area (Å²) in [7, 11) is 0. The van der Waals surface area contributed by atoms with Gasteiger partial charge in [0.2, 0.25) is 0 Å². The number of rotatable bonds is 1. The van der Waals surface area contributed by atoms with Gasteiger partial charge in [0, 0.05) is 11.3 Å². The molecule has 1 spiro atoms. The second-order valence-corrected chi connectivity index (χ2v) is 9.69. The second-order valence-electron chi connectivity index (χ2n) is 9.69. The SMILES string of the molecule is C=C1C(=O)C23CCC1CC2C12CCCC(C)(C=COC1)C2C(CO)C3=O. The van der Waals surface area contributed by atoms with Crippen molar-refractivity contribution in [3.8, 4) is 0 Å². The Morgan fingerprint density at radius 3 is 2.88 bits per heavy atom. The first kappa shape index (κ1) is 16.7. The van der Waals surface area contributed by atoms with Crippen LogP contribution in [0, 0.1) is 39.9 Å². The molecule has 1 heterocycles. The van der Waals surface area contributed by atoms with Gasteiger partial charge in [-0.1, -0.05) is 19.9 Å². The first-order valence-electron chi connectivity index (χ1n) is 10.1. The zero-order valence-corrected chi connectivity index (χ0v) is 15.5. The van der Waals surface area contributed by atoms with Crippen LogP contribution in [0.1, 0.15) is 45.4 Å². The molecule has 6 aliphatic rings. The van der Waals surface area contributed by atoms with Crippen LogP contribution in [0.15, 0.2) is 24.5 Å². The number of Topliss-reactive ketones (excluding diaryl/α,β-unsaturated/α-hetero) is 2. The first-order chi connectivity index (χ1) is 12.4. The molecular weight excluding hydrogens is 328 g/mol. The van der Waals surface area contributed by atoms with Crippen molar-refractivity contribution in [2.24, 2.45) is 39.9 Å². The predicted octanol–water partition coefficient (Wildman–Crippen LogP) is 3.06. The molecule has 4 bridgehead atoms. The minimum atomic E-state index is -0.957. The van der Waals surface area contributed by atoms with Gasteiger partial charge >= 0.3 is 0 Å². The Kier molecular flexibility index (Phi) is 3.28. The highest BCUT2D eigenvalue weighted by atomic mass is 16.5. The Morgan fingerprint density at radius 2 is 2.12 bits per heavy atom. The lowest BCUT2D eigenvalue weighted by atomic mass is 9.34. The maximum atomic E-state index is 13.8. The number of hydrogen-bond donors (Lipinski definition) is 1. The number of fused-ring (bicyclic) bond motifs is 2. The van der Waals surface area contributed by atoms with Gasteiger partial charge in [0.05, 0.1) is 24.9 Å². The molecule has 0 aromatic rings. The molecule has 7 atom stereocenters. The number of aliphatic hydroxyl groups is 1. The lowest BCUT2D eigenvalue weighted by Gasteiger charge is -2.67. The summed E-state index contributed by atoms with van der Waals surface area (Å²) in [6.45, 7) is 6.66. The number of allylic oxidation sites excluding steroid dienone is 2. The highest BCUT2D eigenvalue weighted by Gasteiger charge is 2.74. The fraction of sp³-hybridized carbons (Fsp3) is 0.727. The third kappa shape index (κ3) is 1.66. The molecule has 5 fully saturated rings. The van der Waals surface area contributed by atoms with E-state index >= 15 is 0 Å². The summed E-state index contributed by atoms with van der Waals surface area (Å²) >= 11 is 0. The molecule has 0 aromatic heterocycles. The van der Waals surface area contributed by atoms with Gasteiger partial charge in [-0.3, -0.25) is 9.59 Å². The predicted molar refractivity (Wildman–Crippen MR) is 96.0 cm³/mol. The Labute approximate surface area is 154 Å². The summed E-state index contributed by atoms with van der Waals surface area (Å²) in [5, 5.41) is 10.3. The molecule has 1 N–H and O–H groups in total. The van der Waals surface area contributed by atoms with E-state index in [9.17, 15) is 14.7 Å². The van der Waals surface area contributed by atoms with Crippen LogP contribution < -0.4 is 0 Å². The molecule has 0 aromatic carbocycles. The van der Waals surface area contributed by atoms with E-state index < -0.39 is 11.3 Å². The molecule has 7 unspecified atom stereocenters. The van der Waals surface area contributed by atoms with E-state index in [2.05, 4.69) is 19.6 Å². The smallest absolute Gasteiger partial charge is 0.172 e. The van der Waals surface area contributed by atoms with Crippen LogP contribution in [0.25, 0.3) is 0 Å². The van der Waals surface area contributed by atoms with E-state index in [-0.39, 0.29) is 46.8 Å². The number of carbonyl (C=O) groups excluding carboxylic acids is 2. The van der Waals surface area contributed by atoms with Crippen LogP contribution >= 0.6 is 0 Å². The van der Waals surface area contributed by atoms with Gasteiger partial charge in [-0.2, -0.15) is 0 Å². The van der Waals surface area contributed by atoms with Crippen LogP contribution in [0.3, 0.4) is 0 Å². The van der Waals surface area contributed by atoms with Gasteiger partial charge in [0.25, 0.3) is 0 Å². The third-order valence-electron chi connectivity index (χ3n) is 8.85. The van der Waals surface area contributed by atoms with Gasteiger partial charge in [-0.15, -0.1) is 0 Å². The zero-order valence-electron chi connectivity index (χ0n) is 15.5. The maximum absolute atomic E-state index is 13.8. The lowest BCUT2D eigenvalue weighted by Crippen LogP contribution is -2.71. The Morgan fingerprint density at radius 1 is 1.31 bits per heavy atom. The number of aliphatic hydroxyl groups excluding tert-OH is 1. The second kappa shape index (κ2) is 5.09. The van der Waals surface area contributed by atoms with Gasteiger partial charge < -0.3 is 9.84 Å². The minimum Gasteiger partial charge on any atom is -0.501 e. The fourth-order valence-corrected chi connectivity index (χ4v) is 7.92. The summed E-state index contributed by atoms with van der Waals surface area (Å²) in [6.07, 6.45) is 9.39. The Bertz CT molecular complexity index is 738. The van der Waals surface area contributed by atoms with Crippen LogP contribution in [-0.2, 0) is 14.3 Å². The molecule has 1 aliphatic heterocycles. The van der Waals surface area contributed by atoms with Gasteiger partial charge in [0.1, 0.15) is 0 Å². The van der Waals surface area contributed by atoms with Crippen LogP contribution in [0.5, 0.6) is 0 Å². The molecule has 5 saturated carbocycles. The first-order valence-corrected chi connectivity index (χ1v) is 10.1. The van der Waals surface area contributed by atoms with Crippen molar-refractivity contribution in [1.29, 1.82) is 0 Å². The van der Waals surface area contributed by atoms with E-state index in [0.29, 0.717) is 18.6 Å². The number of ether oxygens (including phenoxy) is 1. The molecule has 0 saturated heterocycles. The molecule has 6 rings (SSSR count). The van der Waals surface area contributed by atoms with E-state index in [1.165, 1.54) is 0 Å². The Hall–Kier alpha value is -1.42. The fourth-order valence-electron chi connectivity index (χ4n) is 7.92. The molecule has 5 aliphatic carbocycles. The van der Waals surface area contributed by atoms with Crippen molar-refractivity contribution in [2.45, 2.75) is 45.4 Å².